The fourth-order valence-corrected chi connectivity index (χ4v) is 2.47. The minimum absolute atomic E-state index is 0.0724. The highest BCUT2D eigenvalue weighted by atomic mass is 32.2. The van der Waals surface area contributed by atoms with Gasteiger partial charge in [0, 0.05) is 0 Å². The number of hydrogen-bond acceptors (Lipinski definition) is 5. The Labute approximate surface area is 119 Å². The molecule has 0 saturated heterocycles. The fourth-order valence-electron chi connectivity index (χ4n) is 1.43. The third-order valence-corrected chi connectivity index (χ3v) is 3.73. The molecule has 0 aliphatic carbocycles. The quantitative estimate of drug-likeness (QED) is 0.912. The van der Waals surface area contributed by atoms with Crippen LogP contribution in [0.25, 0.3) is 0 Å². The molecule has 0 aliphatic heterocycles. The van der Waals surface area contributed by atoms with Crippen LogP contribution in [0.15, 0.2) is 35.5 Å². The van der Waals surface area contributed by atoms with Crippen molar-refractivity contribution in [1.82, 2.24) is 9.97 Å². The number of rotatable bonds is 5. The van der Waals surface area contributed by atoms with Crippen molar-refractivity contribution in [3.05, 3.63) is 42.2 Å². The SMILES string of the molecule is CCOc1ncc(NS(=O)(=O)c2ccc(F)c(F)c2)cn1. The van der Waals surface area contributed by atoms with Gasteiger partial charge in [0.05, 0.1) is 29.6 Å². The predicted molar refractivity (Wildman–Crippen MR) is 70.4 cm³/mol. The molecule has 0 bridgehead atoms. The topological polar surface area (TPSA) is 81.2 Å². The molecule has 9 heteroatoms. The summed E-state index contributed by atoms with van der Waals surface area (Å²) in [6.45, 7) is 2.13. The average Bonchev–Trinajstić information content (AvgIpc) is 2.44. The highest BCUT2D eigenvalue weighted by molar-refractivity contribution is 7.92. The van der Waals surface area contributed by atoms with Gasteiger partial charge in [-0.25, -0.2) is 27.2 Å². The zero-order valence-electron chi connectivity index (χ0n) is 10.9. The zero-order chi connectivity index (χ0) is 15.5. The summed E-state index contributed by atoms with van der Waals surface area (Å²) in [5.41, 5.74) is 0.0724. The number of hydrogen-bond donors (Lipinski definition) is 1. The van der Waals surface area contributed by atoms with Gasteiger partial charge in [0.25, 0.3) is 10.0 Å². The van der Waals surface area contributed by atoms with Gasteiger partial charge in [-0.2, -0.15) is 0 Å². The molecule has 1 aromatic carbocycles. The summed E-state index contributed by atoms with van der Waals surface area (Å²) in [5.74, 6) is -2.38. The van der Waals surface area contributed by atoms with Crippen molar-refractivity contribution in [2.24, 2.45) is 0 Å². The molecule has 0 aliphatic rings. The van der Waals surface area contributed by atoms with Crippen LogP contribution in [0.3, 0.4) is 0 Å². The van der Waals surface area contributed by atoms with Gasteiger partial charge >= 0.3 is 6.01 Å². The van der Waals surface area contributed by atoms with Crippen LogP contribution >= 0.6 is 0 Å². The Hall–Kier alpha value is -2.29. The van der Waals surface area contributed by atoms with Crippen molar-refractivity contribution >= 4 is 15.7 Å². The molecule has 1 aromatic heterocycles. The molecule has 0 amide bonds. The Bertz CT molecular complexity index is 736. The van der Waals surface area contributed by atoms with Gasteiger partial charge in [0.1, 0.15) is 0 Å². The molecule has 1 heterocycles. The number of benzene rings is 1. The maximum Gasteiger partial charge on any atom is 0.316 e. The summed E-state index contributed by atoms with van der Waals surface area (Å²) >= 11 is 0. The van der Waals surface area contributed by atoms with Gasteiger partial charge in [0.2, 0.25) is 0 Å². The van der Waals surface area contributed by atoms with Gasteiger partial charge in [-0.15, -0.1) is 0 Å². The summed E-state index contributed by atoms with van der Waals surface area (Å²) in [6.07, 6.45) is 2.41. The van der Waals surface area contributed by atoms with E-state index in [0.29, 0.717) is 12.7 Å². The molecule has 0 atom stereocenters. The van der Waals surface area contributed by atoms with E-state index in [1.807, 2.05) is 0 Å². The fraction of sp³-hybridized carbons (Fsp3) is 0.167. The minimum Gasteiger partial charge on any atom is -0.464 e. The van der Waals surface area contributed by atoms with E-state index in [4.69, 9.17) is 4.74 Å². The second-order valence-corrected chi connectivity index (χ2v) is 5.55. The molecule has 112 valence electrons. The van der Waals surface area contributed by atoms with Gasteiger partial charge in [-0.3, -0.25) is 4.72 Å². The van der Waals surface area contributed by atoms with Crippen molar-refractivity contribution in [2.45, 2.75) is 11.8 Å². The number of nitrogens with zero attached hydrogens (tertiary/aromatic N) is 2. The van der Waals surface area contributed by atoms with Crippen molar-refractivity contribution < 1.29 is 21.9 Å². The van der Waals surface area contributed by atoms with Crippen LogP contribution in [0.4, 0.5) is 14.5 Å². The van der Waals surface area contributed by atoms with Crippen LogP contribution in [-0.4, -0.2) is 25.0 Å². The normalized spacial score (nSPS) is 11.2. The van der Waals surface area contributed by atoms with E-state index in [2.05, 4.69) is 14.7 Å². The third kappa shape index (κ3) is 3.63. The summed E-state index contributed by atoms with van der Waals surface area (Å²) in [7, 11) is -4.06. The van der Waals surface area contributed by atoms with Crippen LogP contribution in [0.2, 0.25) is 0 Å². The molecule has 2 aromatic rings. The molecule has 1 N–H and O–H groups in total. The van der Waals surface area contributed by atoms with Crippen molar-refractivity contribution in [3.63, 3.8) is 0 Å². The van der Waals surface area contributed by atoms with E-state index in [1.165, 1.54) is 12.4 Å². The first-order valence-corrected chi connectivity index (χ1v) is 7.33. The van der Waals surface area contributed by atoms with Gasteiger partial charge in [-0.05, 0) is 25.1 Å². The first-order valence-electron chi connectivity index (χ1n) is 5.85. The standard InChI is InChI=1S/C12H11F2N3O3S/c1-2-20-12-15-6-8(7-16-12)17-21(18,19)9-3-4-10(13)11(14)5-9/h3-7,17H,2H2,1H3. The van der Waals surface area contributed by atoms with Gasteiger partial charge < -0.3 is 4.74 Å². The van der Waals surface area contributed by atoms with Crippen molar-refractivity contribution in [3.8, 4) is 6.01 Å². The lowest BCUT2D eigenvalue weighted by Crippen LogP contribution is -2.14. The van der Waals surface area contributed by atoms with Crippen LogP contribution in [0.1, 0.15) is 6.92 Å². The van der Waals surface area contributed by atoms with E-state index in [-0.39, 0.29) is 11.7 Å². The van der Waals surface area contributed by atoms with Crippen molar-refractivity contribution in [1.29, 1.82) is 0 Å². The molecule has 0 saturated carbocycles. The van der Waals surface area contributed by atoms with E-state index in [0.717, 1.165) is 12.1 Å². The van der Waals surface area contributed by atoms with Crippen LogP contribution in [0, 0.1) is 11.6 Å². The Kier molecular flexibility index (Phi) is 4.32. The molecule has 0 unspecified atom stereocenters. The van der Waals surface area contributed by atoms with E-state index < -0.39 is 26.6 Å². The third-order valence-electron chi connectivity index (χ3n) is 2.36. The summed E-state index contributed by atoms with van der Waals surface area (Å²) < 4.78 is 57.0. The number of anilines is 1. The van der Waals surface area contributed by atoms with E-state index in [9.17, 15) is 17.2 Å². The average molecular weight is 315 g/mol. The second-order valence-electron chi connectivity index (χ2n) is 3.87. The second kappa shape index (κ2) is 6.00. The monoisotopic (exact) mass is 315 g/mol. The molecule has 0 radical (unpaired) electrons. The van der Waals surface area contributed by atoms with E-state index in [1.54, 1.807) is 6.92 Å². The molecular weight excluding hydrogens is 304 g/mol. The highest BCUT2D eigenvalue weighted by Crippen LogP contribution is 2.18. The summed E-state index contributed by atoms with van der Waals surface area (Å²) in [6, 6.07) is 2.38. The maximum absolute atomic E-state index is 13.1. The Morgan fingerprint density at radius 1 is 1.19 bits per heavy atom. The first kappa shape index (κ1) is 15.1. The highest BCUT2D eigenvalue weighted by Gasteiger charge is 2.17. The Morgan fingerprint density at radius 3 is 2.43 bits per heavy atom. The van der Waals surface area contributed by atoms with Crippen molar-refractivity contribution in [2.75, 3.05) is 11.3 Å². The van der Waals surface area contributed by atoms with Gasteiger partial charge in [0.15, 0.2) is 11.6 Å². The first-order chi connectivity index (χ1) is 9.92. The number of sulfonamides is 1. The molecule has 2 rings (SSSR count). The van der Waals surface area contributed by atoms with Crippen LogP contribution in [0.5, 0.6) is 6.01 Å². The lowest BCUT2D eigenvalue weighted by molar-refractivity contribution is 0.312. The Balaban J connectivity index is 2.22. The Morgan fingerprint density at radius 2 is 1.86 bits per heavy atom. The van der Waals surface area contributed by atoms with Crippen LogP contribution in [-0.2, 0) is 10.0 Å². The molecule has 6 nitrogen and oxygen atoms in total. The summed E-state index contributed by atoms with van der Waals surface area (Å²) in [4.78, 5) is 7.16. The lowest BCUT2D eigenvalue weighted by atomic mass is 10.3. The van der Waals surface area contributed by atoms with E-state index >= 15 is 0 Å². The van der Waals surface area contributed by atoms with Crippen LogP contribution < -0.4 is 9.46 Å². The largest absolute Gasteiger partial charge is 0.464 e. The minimum atomic E-state index is -4.06. The predicted octanol–water partition coefficient (Wildman–Crippen LogP) is 1.95. The van der Waals surface area contributed by atoms with Gasteiger partial charge in [-0.1, -0.05) is 0 Å². The number of aromatic nitrogens is 2. The molecular formula is C12H11F2N3O3S. The molecule has 0 fully saturated rings. The number of ether oxygens (including phenoxy) is 1. The lowest BCUT2D eigenvalue weighted by Gasteiger charge is -2.08. The number of nitrogens with one attached hydrogen (secondary N) is 1. The maximum atomic E-state index is 13.1. The smallest absolute Gasteiger partial charge is 0.316 e. The summed E-state index contributed by atoms with van der Waals surface area (Å²) in [5, 5.41) is 0. The number of halogens is 2. The zero-order valence-corrected chi connectivity index (χ0v) is 11.7. The molecule has 0 spiro atoms. The molecule has 21 heavy (non-hydrogen) atoms.